The minimum atomic E-state index is 0.611. The average Bonchev–Trinajstić information content (AvgIpc) is 3.04. The number of thiophene rings is 1. The Balaban J connectivity index is 1.69. The minimum Gasteiger partial charge on any atom is -0.310 e. The van der Waals surface area contributed by atoms with Gasteiger partial charge in [0.05, 0.1) is 0 Å². The maximum Gasteiger partial charge on any atom is 0.0420 e. The zero-order chi connectivity index (χ0) is 12.5. The summed E-state index contributed by atoms with van der Waals surface area (Å²) in [5.41, 5.74) is 1.48. The molecule has 4 unspecified atom stereocenters. The van der Waals surface area contributed by atoms with E-state index in [-0.39, 0.29) is 0 Å². The maximum atomic E-state index is 3.72. The van der Waals surface area contributed by atoms with Gasteiger partial charge in [-0.05, 0) is 73.9 Å². The first-order valence-corrected chi connectivity index (χ1v) is 8.43. The standard InChI is InChI=1S/C16H25NS/c1-3-17-15(16-11(2)6-7-18-16)10-14-9-12-4-5-13(14)8-12/h6-7,12-15,17H,3-5,8-10H2,1-2H3. The summed E-state index contributed by atoms with van der Waals surface area (Å²) in [5.74, 6) is 3.12. The topological polar surface area (TPSA) is 12.0 Å². The lowest BCUT2D eigenvalue weighted by molar-refractivity contribution is 0.282. The first-order valence-electron chi connectivity index (χ1n) is 7.55. The molecule has 1 nitrogen and oxygen atoms in total. The highest BCUT2D eigenvalue weighted by molar-refractivity contribution is 7.10. The molecular formula is C16H25NS. The Morgan fingerprint density at radius 2 is 2.28 bits per heavy atom. The summed E-state index contributed by atoms with van der Waals surface area (Å²) in [6.07, 6.45) is 7.45. The molecule has 3 rings (SSSR count). The van der Waals surface area contributed by atoms with Crippen LogP contribution in [0.25, 0.3) is 0 Å². The van der Waals surface area contributed by atoms with Crippen LogP contribution in [-0.4, -0.2) is 6.54 Å². The van der Waals surface area contributed by atoms with E-state index in [1.54, 1.807) is 4.88 Å². The average molecular weight is 263 g/mol. The van der Waals surface area contributed by atoms with Crippen molar-refractivity contribution in [2.75, 3.05) is 6.54 Å². The first kappa shape index (κ1) is 12.7. The Bertz CT molecular complexity index is 398. The van der Waals surface area contributed by atoms with E-state index in [2.05, 4.69) is 30.6 Å². The van der Waals surface area contributed by atoms with Gasteiger partial charge in [-0.25, -0.2) is 0 Å². The zero-order valence-corrected chi connectivity index (χ0v) is 12.4. The zero-order valence-electron chi connectivity index (χ0n) is 11.6. The van der Waals surface area contributed by atoms with E-state index in [9.17, 15) is 0 Å². The third-order valence-electron chi connectivity index (χ3n) is 5.09. The van der Waals surface area contributed by atoms with Gasteiger partial charge in [0.25, 0.3) is 0 Å². The van der Waals surface area contributed by atoms with Crippen LogP contribution in [0.15, 0.2) is 11.4 Å². The molecule has 100 valence electrons. The molecule has 2 heteroatoms. The van der Waals surface area contributed by atoms with Crippen molar-refractivity contribution in [2.24, 2.45) is 17.8 Å². The van der Waals surface area contributed by atoms with E-state index in [1.165, 1.54) is 37.7 Å². The van der Waals surface area contributed by atoms with Crippen molar-refractivity contribution in [2.45, 2.75) is 52.0 Å². The lowest BCUT2D eigenvalue weighted by Crippen LogP contribution is -2.25. The summed E-state index contributed by atoms with van der Waals surface area (Å²) in [6.45, 7) is 5.58. The molecular weight excluding hydrogens is 238 g/mol. The van der Waals surface area contributed by atoms with Gasteiger partial charge in [0.2, 0.25) is 0 Å². The molecule has 0 amide bonds. The molecule has 18 heavy (non-hydrogen) atoms. The molecule has 0 spiro atoms. The van der Waals surface area contributed by atoms with Crippen molar-refractivity contribution in [3.8, 4) is 0 Å². The normalized spacial score (nSPS) is 32.0. The summed E-state index contributed by atoms with van der Waals surface area (Å²) in [6, 6.07) is 2.88. The van der Waals surface area contributed by atoms with Crippen LogP contribution in [0.3, 0.4) is 0 Å². The number of hydrogen-bond acceptors (Lipinski definition) is 2. The van der Waals surface area contributed by atoms with E-state index in [0.29, 0.717) is 6.04 Å². The predicted octanol–water partition coefficient (Wildman–Crippen LogP) is 4.53. The second-order valence-electron chi connectivity index (χ2n) is 6.25. The second-order valence-corrected chi connectivity index (χ2v) is 7.20. The number of hydrogen-bond donors (Lipinski definition) is 1. The highest BCUT2D eigenvalue weighted by Crippen LogP contribution is 2.51. The number of rotatable bonds is 5. The molecule has 0 saturated heterocycles. The Labute approximate surface area is 115 Å². The van der Waals surface area contributed by atoms with E-state index >= 15 is 0 Å². The lowest BCUT2D eigenvalue weighted by Gasteiger charge is -2.27. The molecule has 2 aliphatic carbocycles. The molecule has 2 aliphatic rings. The van der Waals surface area contributed by atoms with E-state index < -0.39 is 0 Å². The SMILES string of the molecule is CCNC(CC1CC2CCC1C2)c1sccc1C. The van der Waals surface area contributed by atoms with Gasteiger partial charge in [-0.3, -0.25) is 0 Å². The Morgan fingerprint density at radius 3 is 2.83 bits per heavy atom. The largest absolute Gasteiger partial charge is 0.310 e. The molecule has 0 aliphatic heterocycles. The maximum absolute atomic E-state index is 3.72. The van der Waals surface area contributed by atoms with Crippen LogP contribution < -0.4 is 5.32 Å². The van der Waals surface area contributed by atoms with Crippen LogP contribution in [0.5, 0.6) is 0 Å². The first-order chi connectivity index (χ1) is 8.78. The highest BCUT2D eigenvalue weighted by Gasteiger charge is 2.40. The van der Waals surface area contributed by atoms with Crippen molar-refractivity contribution in [3.63, 3.8) is 0 Å². The molecule has 1 heterocycles. The smallest absolute Gasteiger partial charge is 0.0420 e. The van der Waals surface area contributed by atoms with Gasteiger partial charge in [0.1, 0.15) is 0 Å². The molecule has 2 saturated carbocycles. The van der Waals surface area contributed by atoms with Crippen molar-refractivity contribution < 1.29 is 0 Å². The molecule has 0 radical (unpaired) electrons. The second kappa shape index (κ2) is 5.34. The van der Waals surface area contributed by atoms with Crippen molar-refractivity contribution in [3.05, 3.63) is 21.9 Å². The minimum absolute atomic E-state index is 0.611. The molecule has 2 fully saturated rings. The predicted molar refractivity (Wildman–Crippen MR) is 79.0 cm³/mol. The van der Waals surface area contributed by atoms with E-state index in [0.717, 1.165) is 24.3 Å². The fourth-order valence-corrected chi connectivity index (χ4v) is 5.26. The molecule has 2 bridgehead atoms. The van der Waals surface area contributed by atoms with Crippen LogP contribution in [0.2, 0.25) is 0 Å². The fourth-order valence-electron chi connectivity index (χ4n) is 4.24. The Morgan fingerprint density at radius 1 is 1.39 bits per heavy atom. The van der Waals surface area contributed by atoms with Gasteiger partial charge in [-0.2, -0.15) is 0 Å². The molecule has 1 aromatic rings. The molecule has 4 atom stereocenters. The van der Waals surface area contributed by atoms with Crippen molar-refractivity contribution >= 4 is 11.3 Å². The number of nitrogens with one attached hydrogen (secondary N) is 1. The third-order valence-corrected chi connectivity index (χ3v) is 6.22. The summed E-state index contributed by atoms with van der Waals surface area (Å²) < 4.78 is 0. The van der Waals surface area contributed by atoms with Crippen LogP contribution in [-0.2, 0) is 0 Å². The summed E-state index contributed by atoms with van der Waals surface area (Å²) in [4.78, 5) is 1.58. The summed E-state index contributed by atoms with van der Waals surface area (Å²) in [5, 5.41) is 5.97. The van der Waals surface area contributed by atoms with E-state index in [1.807, 2.05) is 11.3 Å². The third kappa shape index (κ3) is 2.37. The fraction of sp³-hybridized carbons (Fsp3) is 0.750. The quantitative estimate of drug-likeness (QED) is 0.823. The summed E-state index contributed by atoms with van der Waals surface area (Å²) in [7, 11) is 0. The lowest BCUT2D eigenvalue weighted by atomic mass is 9.83. The highest BCUT2D eigenvalue weighted by atomic mass is 32.1. The Hall–Kier alpha value is -0.340. The van der Waals surface area contributed by atoms with Crippen LogP contribution in [0.1, 0.15) is 55.5 Å². The van der Waals surface area contributed by atoms with Crippen molar-refractivity contribution in [1.82, 2.24) is 5.32 Å². The number of fused-ring (bicyclic) bond motifs is 2. The molecule has 1 N–H and O–H groups in total. The van der Waals surface area contributed by atoms with Gasteiger partial charge in [0, 0.05) is 10.9 Å². The monoisotopic (exact) mass is 263 g/mol. The summed E-state index contributed by atoms with van der Waals surface area (Å²) >= 11 is 1.94. The van der Waals surface area contributed by atoms with Gasteiger partial charge in [-0.15, -0.1) is 11.3 Å². The molecule has 1 aromatic heterocycles. The van der Waals surface area contributed by atoms with Gasteiger partial charge >= 0.3 is 0 Å². The Kier molecular flexibility index (Phi) is 3.76. The van der Waals surface area contributed by atoms with Crippen molar-refractivity contribution in [1.29, 1.82) is 0 Å². The van der Waals surface area contributed by atoms with Gasteiger partial charge < -0.3 is 5.32 Å². The number of aryl methyl sites for hydroxylation is 1. The van der Waals surface area contributed by atoms with Gasteiger partial charge in [-0.1, -0.05) is 13.3 Å². The van der Waals surface area contributed by atoms with Crippen LogP contribution >= 0.6 is 11.3 Å². The van der Waals surface area contributed by atoms with Gasteiger partial charge in [0.15, 0.2) is 0 Å². The van der Waals surface area contributed by atoms with Crippen LogP contribution in [0, 0.1) is 24.7 Å². The van der Waals surface area contributed by atoms with Crippen LogP contribution in [0.4, 0.5) is 0 Å². The van der Waals surface area contributed by atoms with E-state index in [4.69, 9.17) is 0 Å². The molecule has 0 aromatic carbocycles.